The predicted molar refractivity (Wildman–Crippen MR) is 72.9 cm³/mol. The van der Waals surface area contributed by atoms with Gasteiger partial charge in [-0.15, -0.1) is 5.10 Å². The Morgan fingerprint density at radius 3 is 2.76 bits per heavy atom. The van der Waals surface area contributed by atoms with Gasteiger partial charge in [0.2, 0.25) is 0 Å². The minimum atomic E-state index is -1.09. The Balaban J connectivity index is 1.37. The summed E-state index contributed by atoms with van der Waals surface area (Å²) in [5.74, 6) is -0.197. The summed E-state index contributed by atoms with van der Waals surface area (Å²) >= 11 is 0. The molecule has 0 aromatic carbocycles. The van der Waals surface area contributed by atoms with Crippen LogP contribution in [0.4, 0.5) is 4.79 Å². The van der Waals surface area contributed by atoms with Gasteiger partial charge in [0.1, 0.15) is 0 Å². The highest BCUT2D eigenvalue weighted by atomic mass is 16.4. The lowest BCUT2D eigenvalue weighted by molar-refractivity contribution is 0.0690. The number of likely N-dealkylation sites (tertiary alicyclic amines) is 1. The molecule has 0 unspecified atom stereocenters. The third-order valence-corrected chi connectivity index (χ3v) is 4.02. The molecule has 2 N–H and O–H groups in total. The van der Waals surface area contributed by atoms with Gasteiger partial charge in [0.25, 0.3) is 0 Å². The molecule has 114 valence electrons. The van der Waals surface area contributed by atoms with Crippen LogP contribution in [0.3, 0.4) is 0 Å². The van der Waals surface area contributed by atoms with Crippen LogP contribution in [0.1, 0.15) is 42.2 Å². The second-order valence-corrected chi connectivity index (χ2v) is 5.77. The summed E-state index contributed by atoms with van der Waals surface area (Å²) in [6, 6.07) is -0.0385. The van der Waals surface area contributed by atoms with Crippen LogP contribution in [-0.4, -0.2) is 56.6 Å². The highest BCUT2D eigenvalue weighted by molar-refractivity contribution is 5.84. The van der Waals surface area contributed by atoms with Gasteiger partial charge < -0.3 is 15.3 Å². The fourth-order valence-electron chi connectivity index (χ4n) is 2.45. The van der Waals surface area contributed by atoms with Gasteiger partial charge in [-0.2, -0.15) is 0 Å². The number of nitrogens with one attached hydrogen (secondary N) is 1. The SMILES string of the molecule is O=C(O)c1cn(C2CN(C(=O)NCCCC3CC3)C2)nn1. The Morgan fingerprint density at radius 2 is 2.14 bits per heavy atom. The van der Waals surface area contributed by atoms with Gasteiger partial charge in [-0.1, -0.05) is 18.1 Å². The van der Waals surface area contributed by atoms with Gasteiger partial charge in [0.05, 0.1) is 12.2 Å². The molecule has 8 heteroatoms. The second-order valence-electron chi connectivity index (χ2n) is 5.77. The molecule has 1 aromatic heterocycles. The maximum atomic E-state index is 11.9. The van der Waals surface area contributed by atoms with Crippen LogP contribution in [-0.2, 0) is 0 Å². The van der Waals surface area contributed by atoms with E-state index in [1.165, 1.54) is 30.1 Å². The summed E-state index contributed by atoms with van der Waals surface area (Å²) in [4.78, 5) is 24.3. The summed E-state index contributed by atoms with van der Waals surface area (Å²) in [6.45, 7) is 1.80. The standard InChI is InChI=1S/C13H19N5O3/c19-12(20)11-8-18(16-15-11)10-6-17(7-10)13(21)14-5-1-2-9-3-4-9/h8-10H,1-7H2,(H,14,21)(H,19,20). The van der Waals surface area contributed by atoms with E-state index in [0.29, 0.717) is 13.1 Å². The first-order valence-corrected chi connectivity index (χ1v) is 7.31. The summed E-state index contributed by atoms with van der Waals surface area (Å²) < 4.78 is 1.51. The number of aromatic carboxylic acids is 1. The van der Waals surface area contributed by atoms with E-state index in [-0.39, 0.29) is 17.8 Å². The molecule has 0 spiro atoms. The number of nitrogens with zero attached hydrogens (tertiary/aromatic N) is 4. The number of carbonyl (C=O) groups is 2. The van der Waals surface area contributed by atoms with E-state index in [1.54, 1.807) is 4.90 Å². The number of hydrogen-bond acceptors (Lipinski definition) is 4. The first kappa shape index (κ1) is 13.8. The van der Waals surface area contributed by atoms with Gasteiger partial charge in [-0.05, 0) is 18.8 Å². The molecule has 2 fully saturated rings. The minimum Gasteiger partial charge on any atom is -0.476 e. The number of carboxylic acid groups (broad SMARTS) is 1. The van der Waals surface area contributed by atoms with Crippen LogP contribution in [0.2, 0.25) is 0 Å². The number of carbonyl (C=O) groups excluding carboxylic acids is 1. The predicted octanol–water partition coefficient (Wildman–Crippen LogP) is 0.733. The van der Waals surface area contributed by atoms with E-state index in [2.05, 4.69) is 15.6 Å². The van der Waals surface area contributed by atoms with Gasteiger partial charge in [0, 0.05) is 19.6 Å². The number of urea groups is 1. The van der Waals surface area contributed by atoms with E-state index in [0.717, 1.165) is 18.9 Å². The topological polar surface area (TPSA) is 100 Å². The van der Waals surface area contributed by atoms with Gasteiger partial charge in [-0.25, -0.2) is 14.3 Å². The van der Waals surface area contributed by atoms with Crippen molar-refractivity contribution in [2.75, 3.05) is 19.6 Å². The summed E-state index contributed by atoms with van der Waals surface area (Å²) in [5.41, 5.74) is -0.0713. The van der Waals surface area contributed by atoms with Crippen LogP contribution in [0, 0.1) is 5.92 Å². The maximum absolute atomic E-state index is 11.9. The monoisotopic (exact) mass is 293 g/mol. The molecule has 2 heterocycles. The highest BCUT2D eigenvalue weighted by Crippen LogP contribution is 2.33. The molecular weight excluding hydrogens is 274 g/mol. The molecule has 0 atom stereocenters. The number of aromatic nitrogens is 3. The number of rotatable bonds is 6. The Bertz CT molecular complexity index is 534. The summed E-state index contributed by atoms with van der Waals surface area (Å²) in [6.07, 6.45) is 6.34. The zero-order chi connectivity index (χ0) is 14.8. The van der Waals surface area contributed by atoms with Crippen LogP contribution in [0.25, 0.3) is 0 Å². The smallest absolute Gasteiger partial charge is 0.358 e. The molecule has 1 saturated heterocycles. The van der Waals surface area contributed by atoms with E-state index in [1.807, 2.05) is 0 Å². The van der Waals surface area contributed by atoms with Crippen molar-refractivity contribution >= 4 is 12.0 Å². The quantitative estimate of drug-likeness (QED) is 0.753. The molecule has 1 saturated carbocycles. The zero-order valence-corrected chi connectivity index (χ0v) is 11.7. The number of carboxylic acids is 1. The Morgan fingerprint density at radius 1 is 1.38 bits per heavy atom. The maximum Gasteiger partial charge on any atom is 0.358 e. The van der Waals surface area contributed by atoms with Gasteiger partial charge in [0.15, 0.2) is 5.69 Å². The van der Waals surface area contributed by atoms with Crippen molar-refractivity contribution in [3.8, 4) is 0 Å². The van der Waals surface area contributed by atoms with Crippen LogP contribution < -0.4 is 5.32 Å². The molecule has 1 aromatic rings. The Kier molecular flexibility index (Phi) is 3.76. The average molecular weight is 293 g/mol. The van der Waals surface area contributed by atoms with Crippen molar-refractivity contribution in [1.82, 2.24) is 25.2 Å². The van der Waals surface area contributed by atoms with Gasteiger partial charge in [-0.3, -0.25) is 0 Å². The van der Waals surface area contributed by atoms with Crippen molar-refractivity contribution in [2.24, 2.45) is 5.92 Å². The average Bonchev–Trinajstić information content (AvgIpc) is 3.09. The molecule has 2 amide bonds. The highest BCUT2D eigenvalue weighted by Gasteiger charge is 2.33. The Labute approximate surface area is 122 Å². The lowest BCUT2D eigenvalue weighted by Crippen LogP contribution is -2.54. The second kappa shape index (κ2) is 5.71. The molecule has 0 radical (unpaired) electrons. The fraction of sp³-hybridized carbons (Fsp3) is 0.692. The number of amides is 2. The van der Waals surface area contributed by atoms with E-state index in [9.17, 15) is 9.59 Å². The third-order valence-electron chi connectivity index (χ3n) is 4.02. The zero-order valence-electron chi connectivity index (χ0n) is 11.7. The van der Waals surface area contributed by atoms with Crippen molar-refractivity contribution in [1.29, 1.82) is 0 Å². The van der Waals surface area contributed by atoms with Crippen molar-refractivity contribution in [3.05, 3.63) is 11.9 Å². The summed E-state index contributed by atoms with van der Waals surface area (Å²) in [7, 11) is 0. The minimum absolute atomic E-state index is 0.0165. The van der Waals surface area contributed by atoms with Crippen LogP contribution in [0.15, 0.2) is 6.20 Å². The van der Waals surface area contributed by atoms with Crippen molar-refractivity contribution in [3.63, 3.8) is 0 Å². The normalized spacial score (nSPS) is 18.4. The lowest BCUT2D eigenvalue weighted by Gasteiger charge is -2.38. The van der Waals surface area contributed by atoms with Crippen LogP contribution in [0.5, 0.6) is 0 Å². The lowest BCUT2D eigenvalue weighted by atomic mass is 10.1. The first-order valence-electron chi connectivity index (χ1n) is 7.31. The fourth-order valence-corrected chi connectivity index (χ4v) is 2.45. The molecular formula is C13H19N5O3. The van der Waals surface area contributed by atoms with Crippen molar-refractivity contribution < 1.29 is 14.7 Å². The molecule has 1 aliphatic heterocycles. The third kappa shape index (κ3) is 3.32. The Hall–Kier alpha value is -2.12. The van der Waals surface area contributed by atoms with Crippen molar-refractivity contribution in [2.45, 2.75) is 31.7 Å². The number of hydrogen-bond donors (Lipinski definition) is 2. The van der Waals surface area contributed by atoms with E-state index >= 15 is 0 Å². The molecule has 21 heavy (non-hydrogen) atoms. The molecule has 8 nitrogen and oxygen atoms in total. The van der Waals surface area contributed by atoms with E-state index < -0.39 is 5.97 Å². The molecule has 0 bridgehead atoms. The largest absolute Gasteiger partial charge is 0.476 e. The molecule has 3 rings (SSSR count). The summed E-state index contributed by atoms with van der Waals surface area (Å²) in [5, 5.41) is 19.0. The first-order chi connectivity index (χ1) is 10.1. The van der Waals surface area contributed by atoms with E-state index in [4.69, 9.17) is 5.11 Å². The van der Waals surface area contributed by atoms with Gasteiger partial charge >= 0.3 is 12.0 Å². The van der Waals surface area contributed by atoms with Crippen LogP contribution >= 0.6 is 0 Å². The molecule has 2 aliphatic rings. The molecule has 1 aliphatic carbocycles.